The van der Waals surface area contributed by atoms with E-state index in [9.17, 15) is 18.7 Å². The highest BCUT2D eigenvalue weighted by molar-refractivity contribution is 5.86. The number of likely N-dealkylation sites (tertiary alicyclic amines) is 1. The fourth-order valence-electron chi connectivity index (χ4n) is 3.33. The molecular formula is C18H21F2N3O3. The number of nitrogens with zero attached hydrogens (tertiary/aromatic N) is 3. The van der Waals surface area contributed by atoms with Crippen LogP contribution in [0.1, 0.15) is 24.2 Å². The summed E-state index contributed by atoms with van der Waals surface area (Å²) in [5, 5.41) is 14.5. The molecule has 2 aromatic rings. The van der Waals surface area contributed by atoms with E-state index in [1.165, 1.54) is 23.2 Å². The molecule has 0 bridgehead atoms. The van der Waals surface area contributed by atoms with Gasteiger partial charge >= 0.3 is 0 Å². The Bertz CT molecular complexity index is 769. The number of carbonyl (C=O) groups is 1. The summed E-state index contributed by atoms with van der Waals surface area (Å²) in [5.41, 5.74) is -1.48. The van der Waals surface area contributed by atoms with Crippen LogP contribution in [0.15, 0.2) is 35.0 Å². The van der Waals surface area contributed by atoms with Gasteiger partial charge in [0.1, 0.15) is 0 Å². The van der Waals surface area contributed by atoms with Crippen molar-refractivity contribution < 1.29 is 23.2 Å². The fourth-order valence-corrected chi connectivity index (χ4v) is 3.33. The lowest BCUT2D eigenvalue weighted by Crippen LogP contribution is -2.57. The highest BCUT2D eigenvalue weighted by Gasteiger charge is 2.43. The third kappa shape index (κ3) is 3.91. The summed E-state index contributed by atoms with van der Waals surface area (Å²) in [6.45, 7) is 0.822. The Morgan fingerprint density at radius 3 is 2.92 bits per heavy atom. The number of aliphatic hydroxyl groups is 1. The van der Waals surface area contributed by atoms with Crippen LogP contribution in [0.5, 0.6) is 0 Å². The average molecular weight is 365 g/mol. The van der Waals surface area contributed by atoms with Crippen LogP contribution < -0.4 is 0 Å². The normalized spacial score (nSPS) is 20.8. The molecule has 0 saturated carbocycles. The lowest BCUT2D eigenvalue weighted by atomic mass is 9.90. The number of rotatable bonds is 6. The van der Waals surface area contributed by atoms with Crippen molar-refractivity contribution in [2.45, 2.75) is 31.5 Å². The number of halogens is 2. The van der Waals surface area contributed by atoms with Crippen molar-refractivity contribution in [2.24, 2.45) is 0 Å². The third-order valence-electron chi connectivity index (χ3n) is 4.54. The predicted molar refractivity (Wildman–Crippen MR) is 88.8 cm³/mol. The lowest BCUT2D eigenvalue weighted by molar-refractivity contribution is -0.160. The number of hydrogen-bond acceptors (Lipinski definition) is 5. The number of amides is 1. The van der Waals surface area contributed by atoms with E-state index in [0.717, 1.165) is 6.07 Å². The summed E-state index contributed by atoms with van der Waals surface area (Å²) in [5.74, 6) is -1.76. The van der Waals surface area contributed by atoms with Gasteiger partial charge in [0.2, 0.25) is 0 Å². The average Bonchev–Trinajstić information content (AvgIpc) is 3.09. The number of hydrogen-bond donors (Lipinski definition) is 1. The Kier molecular flexibility index (Phi) is 5.33. The van der Waals surface area contributed by atoms with Gasteiger partial charge in [0.05, 0.1) is 12.7 Å². The van der Waals surface area contributed by atoms with E-state index in [1.54, 1.807) is 18.0 Å². The molecule has 0 radical (unpaired) electrons. The van der Waals surface area contributed by atoms with Gasteiger partial charge in [-0.1, -0.05) is 17.3 Å². The van der Waals surface area contributed by atoms with E-state index in [2.05, 4.69) is 5.16 Å². The molecule has 1 fully saturated rings. The van der Waals surface area contributed by atoms with Gasteiger partial charge < -0.3 is 14.5 Å². The summed E-state index contributed by atoms with van der Waals surface area (Å²) in [6.07, 6.45) is 2.42. The monoisotopic (exact) mass is 365 g/mol. The molecule has 1 atom stereocenters. The zero-order chi connectivity index (χ0) is 18.7. The molecule has 26 heavy (non-hydrogen) atoms. The van der Waals surface area contributed by atoms with Crippen molar-refractivity contribution in [3.05, 3.63) is 53.4 Å². The predicted octanol–water partition coefficient (Wildman–Crippen LogP) is 1.94. The second kappa shape index (κ2) is 7.51. The van der Waals surface area contributed by atoms with Crippen LogP contribution in [0.3, 0.4) is 0 Å². The highest BCUT2D eigenvalue weighted by Crippen LogP contribution is 2.26. The number of benzene rings is 1. The SMILES string of the molecule is CN(Cc1ccno1)CC1(O)CCCN(Cc2cccc(F)c2F)C1=O. The maximum Gasteiger partial charge on any atom is 0.256 e. The number of likely N-dealkylation sites (N-methyl/N-ethyl adjacent to an activating group) is 1. The van der Waals surface area contributed by atoms with Gasteiger partial charge in [0.15, 0.2) is 23.0 Å². The van der Waals surface area contributed by atoms with Crippen molar-refractivity contribution >= 4 is 5.91 Å². The fraction of sp³-hybridized carbons (Fsp3) is 0.444. The molecule has 8 heteroatoms. The number of piperidine rings is 1. The van der Waals surface area contributed by atoms with Crippen LogP contribution in [0, 0.1) is 11.6 Å². The molecule has 2 heterocycles. The second-order valence-corrected chi connectivity index (χ2v) is 6.73. The molecule has 3 rings (SSSR count). The van der Waals surface area contributed by atoms with E-state index >= 15 is 0 Å². The molecule has 1 unspecified atom stereocenters. The molecule has 1 aromatic carbocycles. The largest absolute Gasteiger partial charge is 0.379 e. The summed E-state index contributed by atoms with van der Waals surface area (Å²) in [6, 6.07) is 5.59. The van der Waals surface area contributed by atoms with E-state index in [-0.39, 0.29) is 18.7 Å². The smallest absolute Gasteiger partial charge is 0.256 e. The Balaban J connectivity index is 1.68. The molecule has 140 valence electrons. The van der Waals surface area contributed by atoms with Gasteiger partial charge in [-0.25, -0.2) is 8.78 Å². The Morgan fingerprint density at radius 2 is 2.19 bits per heavy atom. The van der Waals surface area contributed by atoms with E-state index in [4.69, 9.17) is 4.52 Å². The first kappa shape index (κ1) is 18.5. The molecule has 1 saturated heterocycles. The highest BCUT2D eigenvalue weighted by atomic mass is 19.2. The van der Waals surface area contributed by atoms with Crippen molar-refractivity contribution in [3.63, 3.8) is 0 Å². The molecule has 1 aliphatic heterocycles. The molecule has 1 aliphatic rings. The Hall–Kier alpha value is -2.32. The molecular weight excluding hydrogens is 344 g/mol. The van der Waals surface area contributed by atoms with Gasteiger partial charge in [-0.2, -0.15) is 0 Å². The zero-order valence-corrected chi connectivity index (χ0v) is 14.5. The number of carbonyl (C=O) groups excluding carboxylic acids is 1. The van der Waals surface area contributed by atoms with Crippen molar-refractivity contribution in [1.29, 1.82) is 0 Å². The molecule has 1 N–H and O–H groups in total. The van der Waals surface area contributed by atoms with E-state index in [1.807, 2.05) is 0 Å². The Labute approximate surface area is 150 Å². The topological polar surface area (TPSA) is 69.8 Å². The standard InChI is InChI=1S/C18H21F2N3O3/c1-22(11-14-6-8-21-26-14)12-18(25)7-3-9-23(17(18)24)10-13-4-2-5-15(19)16(13)20/h2,4-6,8,25H,3,7,9-12H2,1H3. The minimum atomic E-state index is -1.57. The molecule has 1 amide bonds. The van der Waals surface area contributed by atoms with Gasteiger partial charge in [-0.05, 0) is 26.0 Å². The minimum Gasteiger partial charge on any atom is -0.379 e. The number of aromatic nitrogens is 1. The minimum absolute atomic E-state index is 0.0729. The zero-order valence-electron chi connectivity index (χ0n) is 14.5. The van der Waals surface area contributed by atoms with Crippen molar-refractivity contribution in [1.82, 2.24) is 15.0 Å². The summed E-state index contributed by atoms with van der Waals surface area (Å²) in [4.78, 5) is 15.9. The molecule has 0 spiro atoms. The van der Waals surface area contributed by atoms with Gasteiger partial charge in [-0.3, -0.25) is 9.69 Å². The Morgan fingerprint density at radius 1 is 1.38 bits per heavy atom. The van der Waals surface area contributed by atoms with Crippen molar-refractivity contribution in [3.8, 4) is 0 Å². The first-order valence-corrected chi connectivity index (χ1v) is 8.42. The quantitative estimate of drug-likeness (QED) is 0.847. The maximum absolute atomic E-state index is 13.9. The summed E-state index contributed by atoms with van der Waals surface area (Å²) < 4.78 is 32.3. The molecule has 1 aromatic heterocycles. The molecule has 6 nitrogen and oxygen atoms in total. The van der Waals surface area contributed by atoms with Gasteiger partial charge in [0, 0.05) is 31.3 Å². The van der Waals surface area contributed by atoms with E-state index < -0.39 is 23.1 Å². The summed E-state index contributed by atoms with van der Waals surface area (Å²) >= 11 is 0. The first-order chi connectivity index (χ1) is 12.4. The van der Waals surface area contributed by atoms with Crippen molar-refractivity contribution in [2.75, 3.05) is 20.1 Å². The van der Waals surface area contributed by atoms with Crippen LogP contribution in [0.2, 0.25) is 0 Å². The van der Waals surface area contributed by atoms with Crippen LogP contribution in [0.25, 0.3) is 0 Å². The maximum atomic E-state index is 13.9. The van der Waals surface area contributed by atoms with Crippen LogP contribution in [0.4, 0.5) is 8.78 Å². The van der Waals surface area contributed by atoms with Crippen LogP contribution in [-0.2, 0) is 17.9 Å². The third-order valence-corrected chi connectivity index (χ3v) is 4.54. The lowest BCUT2D eigenvalue weighted by Gasteiger charge is -2.40. The van der Waals surface area contributed by atoms with E-state index in [0.29, 0.717) is 31.7 Å². The van der Waals surface area contributed by atoms with Gasteiger partial charge in [0.25, 0.3) is 5.91 Å². The van der Waals surface area contributed by atoms with Crippen LogP contribution >= 0.6 is 0 Å². The van der Waals surface area contributed by atoms with Gasteiger partial charge in [-0.15, -0.1) is 0 Å². The first-order valence-electron chi connectivity index (χ1n) is 8.42. The second-order valence-electron chi connectivity index (χ2n) is 6.73. The summed E-state index contributed by atoms with van der Waals surface area (Å²) in [7, 11) is 1.76. The van der Waals surface area contributed by atoms with Crippen LogP contribution in [-0.4, -0.2) is 51.7 Å². The molecule has 0 aliphatic carbocycles.